The molecule has 0 atom stereocenters. The minimum Gasteiger partial charge on any atom is -0.396 e. The maximum absolute atomic E-state index is 12.6. The number of aliphatic hydroxyl groups is 1. The molecule has 3 rings (SSSR count). The second-order valence-corrected chi connectivity index (χ2v) is 5.47. The average Bonchev–Trinajstić information content (AvgIpc) is 2.48. The van der Waals surface area contributed by atoms with E-state index in [-0.39, 0.29) is 12.5 Å². The Morgan fingerprint density at radius 3 is 2.95 bits per heavy atom. The molecule has 1 N–H and O–H groups in total. The van der Waals surface area contributed by atoms with Crippen LogP contribution in [0.3, 0.4) is 0 Å². The number of hydrogen-bond donors (Lipinski definition) is 1. The van der Waals surface area contributed by atoms with Crippen LogP contribution in [0.2, 0.25) is 5.02 Å². The zero-order chi connectivity index (χ0) is 14.8. The molecular weight excluding hydrogens is 288 g/mol. The van der Waals surface area contributed by atoms with Gasteiger partial charge in [0.2, 0.25) is 0 Å². The van der Waals surface area contributed by atoms with E-state index in [2.05, 4.69) is 4.98 Å². The Balaban J connectivity index is 1.93. The van der Waals surface area contributed by atoms with E-state index in [0.717, 1.165) is 23.2 Å². The Hall–Kier alpha value is -1.91. The molecule has 0 radical (unpaired) electrons. The lowest BCUT2D eigenvalue weighted by molar-refractivity contribution is 0.0980. The Bertz CT molecular complexity index is 688. The third kappa shape index (κ3) is 2.77. The number of nitrogens with zero attached hydrogens (tertiary/aromatic N) is 2. The highest BCUT2D eigenvalue weighted by molar-refractivity contribution is 6.30. The predicted molar refractivity (Wildman–Crippen MR) is 81.9 cm³/mol. The van der Waals surface area contributed by atoms with Crippen molar-refractivity contribution in [3.8, 4) is 0 Å². The molecule has 0 fully saturated rings. The molecule has 1 aliphatic heterocycles. The third-order valence-corrected chi connectivity index (χ3v) is 3.88. The fraction of sp³-hybridized carbons (Fsp3) is 0.250. The first-order valence-corrected chi connectivity index (χ1v) is 7.22. The van der Waals surface area contributed by atoms with Crippen molar-refractivity contribution in [3.05, 3.63) is 58.4 Å². The molecule has 21 heavy (non-hydrogen) atoms. The summed E-state index contributed by atoms with van der Waals surface area (Å²) < 4.78 is 0. The van der Waals surface area contributed by atoms with Crippen LogP contribution < -0.4 is 4.90 Å². The number of amides is 1. The zero-order valence-electron chi connectivity index (χ0n) is 11.4. The Labute approximate surface area is 128 Å². The highest BCUT2D eigenvalue weighted by Crippen LogP contribution is 2.26. The predicted octanol–water partition coefficient (Wildman–Crippen LogP) is 2.47. The first-order chi connectivity index (χ1) is 10.2. The van der Waals surface area contributed by atoms with Gasteiger partial charge < -0.3 is 10.0 Å². The number of pyridine rings is 1. The van der Waals surface area contributed by atoms with Gasteiger partial charge in [-0.1, -0.05) is 11.6 Å². The largest absolute Gasteiger partial charge is 0.396 e. The van der Waals surface area contributed by atoms with Crippen molar-refractivity contribution in [1.29, 1.82) is 0 Å². The van der Waals surface area contributed by atoms with Crippen molar-refractivity contribution < 1.29 is 9.90 Å². The van der Waals surface area contributed by atoms with Crippen molar-refractivity contribution >= 4 is 23.2 Å². The van der Waals surface area contributed by atoms with E-state index in [1.165, 1.54) is 0 Å². The average molecular weight is 303 g/mol. The molecule has 0 saturated heterocycles. The fourth-order valence-electron chi connectivity index (χ4n) is 2.59. The van der Waals surface area contributed by atoms with Gasteiger partial charge in [0, 0.05) is 29.9 Å². The monoisotopic (exact) mass is 302 g/mol. The van der Waals surface area contributed by atoms with Gasteiger partial charge in [-0.05, 0) is 48.2 Å². The lowest BCUT2D eigenvalue weighted by atomic mass is 9.98. The summed E-state index contributed by atoms with van der Waals surface area (Å²) in [7, 11) is 0. The van der Waals surface area contributed by atoms with Crippen LogP contribution in [0.5, 0.6) is 0 Å². The number of anilines is 1. The SMILES string of the molecule is O=C1c2ccc(Cl)cc2CCN1c1cncc(CCO)c1. The topological polar surface area (TPSA) is 53.4 Å². The summed E-state index contributed by atoms with van der Waals surface area (Å²) >= 11 is 5.97. The number of aromatic nitrogens is 1. The maximum atomic E-state index is 12.6. The second-order valence-electron chi connectivity index (χ2n) is 5.03. The van der Waals surface area contributed by atoms with Crippen LogP contribution in [0.4, 0.5) is 5.69 Å². The Morgan fingerprint density at radius 2 is 2.14 bits per heavy atom. The van der Waals surface area contributed by atoms with Gasteiger partial charge in [0.1, 0.15) is 0 Å². The van der Waals surface area contributed by atoms with Crippen LogP contribution in [0.1, 0.15) is 21.5 Å². The van der Waals surface area contributed by atoms with Crippen LogP contribution >= 0.6 is 11.6 Å². The van der Waals surface area contributed by atoms with Gasteiger partial charge in [-0.15, -0.1) is 0 Å². The number of aliphatic hydroxyl groups excluding tert-OH is 1. The van der Waals surface area contributed by atoms with Gasteiger partial charge in [-0.25, -0.2) is 0 Å². The molecule has 0 aliphatic carbocycles. The minimum absolute atomic E-state index is 0.0316. The quantitative estimate of drug-likeness (QED) is 0.947. The van der Waals surface area contributed by atoms with Gasteiger partial charge in [-0.2, -0.15) is 0 Å². The lowest BCUT2D eigenvalue weighted by Crippen LogP contribution is -2.37. The lowest BCUT2D eigenvalue weighted by Gasteiger charge is -2.28. The molecule has 1 amide bonds. The van der Waals surface area contributed by atoms with Gasteiger partial charge in [0.25, 0.3) is 5.91 Å². The summed E-state index contributed by atoms with van der Waals surface area (Å²) in [6.07, 6.45) is 4.70. The number of rotatable bonds is 3. The first-order valence-electron chi connectivity index (χ1n) is 6.84. The van der Waals surface area contributed by atoms with Crippen LogP contribution in [-0.2, 0) is 12.8 Å². The number of hydrogen-bond acceptors (Lipinski definition) is 3. The molecule has 0 spiro atoms. The maximum Gasteiger partial charge on any atom is 0.258 e. The van der Waals surface area contributed by atoms with Crippen LogP contribution in [-0.4, -0.2) is 29.1 Å². The standard InChI is InChI=1S/C16H15ClN2O2/c17-13-1-2-15-12(8-13)3-5-19(16(15)21)14-7-11(4-6-20)9-18-10-14/h1-2,7-10,20H,3-6H2. The molecule has 0 saturated carbocycles. The van der Waals surface area contributed by atoms with Gasteiger partial charge in [-0.3, -0.25) is 9.78 Å². The number of carbonyl (C=O) groups is 1. The summed E-state index contributed by atoms with van der Waals surface area (Å²) in [6.45, 7) is 0.677. The number of benzene rings is 1. The van der Waals surface area contributed by atoms with Crippen LogP contribution in [0.15, 0.2) is 36.7 Å². The first kappa shape index (κ1) is 14.0. The molecule has 2 aromatic rings. The zero-order valence-corrected chi connectivity index (χ0v) is 12.2. The fourth-order valence-corrected chi connectivity index (χ4v) is 2.79. The molecule has 1 aromatic carbocycles. The summed E-state index contributed by atoms with van der Waals surface area (Å²) in [5.74, 6) is -0.0316. The summed E-state index contributed by atoms with van der Waals surface area (Å²) in [5, 5.41) is 9.66. The number of carbonyl (C=O) groups excluding carboxylic acids is 1. The van der Waals surface area contributed by atoms with Gasteiger partial charge in [0.15, 0.2) is 0 Å². The van der Waals surface area contributed by atoms with E-state index in [9.17, 15) is 4.79 Å². The molecule has 1 aliphatic rings. The highest BCUT2D eigenvalue weighted by Gasteiger charge is 2.25. The molecule has 0 bridgehead atoms. The van der Waals surface area contributed by atoms with E-state index in [0.29, 0.717) is 23.6 Å². The van der Waals surface area contributed by atoms with Crippen LogP contribution in [0, 0.1) is 0 Å². The van der Waals surface area contributed by atoms with Crippen molar-refractivity contribution in [2.45, 2.75) is 12.8 Å². The Morgan fingerprint density at radius 1 is 1.29 bits per heavy atom. The summed E-state index contributed by atoms with van der Waals surface area (Å²) in [4.78, 5) is 18.5. The molecular formula is C16H15ClN2O2. The summed E-state index contributed by atoms with van der Waals surface area (Å²) in [5.41, 5.74) is 3.37. The molecule has 0 unspecified atom stereocenters. The van der Waals surface area contributed by atoms with Crippen molar-refractivity contribution in [1.82, 2.24) is 4.98 Å². The third-order valence-electron chi connectivity index (χ3n) is 3.64. The molecule has 5 heteroatoms. The Kier molecular flexibility index (Phi) is 3.90. The van der Waals surface area contributed by atoms with E-state index in [1.54, 1.807) is 29.4 Å². The van der Waals surface area contributed by atoms with Crippen molar-refractivity contribution in [3.63, 3.8) is 0 Å². The van der Waals surface area contributed by atoms with Crippen LogP contribution in [0.25, 0.3) is 0 Å². The minimum atomic E-state index is -0.0316. The normalized spacial score (nSPS) is 14.2. The molecule has 2 heterocycles. The van der Waals surface area contributed by atoms with E-state index in [4.69, 9.17) is 16.7 Å². The van der Waals surface area contributed by atoms with E-state index < -0.39 is 0 Å². The van der Waals surface area contributed by atoms with E-state index in [1.807, 2.05) is 12.1 Å². The van der Waals surface area contributed by atoms with Gasteiger partial charge >= 0.3 is 0 Å². The molecule has 108 valence electrons. The van der Waals surface area contributed by atoms with Crippen molar-refractivity contribution in [2.75, 3.05) is 18.1 Å². The number of halogens is 1. The molecule has 1 aromatic heterocycles. The van der Waals surface area contributed by atoms with E-state index >= 15 is 0 Å². The highest BCUT2D eigenvalue weighted by atomic mass is 35.5. The second kappa shape index (κ2) is 5.84. The van der Waals surface area contributed by atoms with Gasteiger partial charge in [0.05, 0.1) is 11.9 Å². The molecule has 4 nitrogen and oxygen atoms in total. The summed E-state index contributed by atoms with van der Waals surface area (Å²) in [6, 6.07) is 7.27. The number of fused-ring (bicyclic) bond motifs is 1. The van der Waals surface area contributed by atoms with Crippen molar-refractivity contribution in [2.24, 2.45) is 0 Å². The smallest absolute Gasteiger partial charge is 0.258 e.